The van der Waals surface area contributed by atoms with Crippen LogP contribution in [0, 0.1) is 0 Å². The van der Waals surface area contributed by atoms with Crippen molar-refractivity contribution in [1.29, 1.82) is 0 Å². The first-order valence-corrected chi connectivity index (χ1v) is 11.4. The third-order valence-corrected chi connectivity index (χ3v) is 6.50. The van der Waals surface area contributed by atoms with Crippen LogP contribution in [0.25, 0.3) is 6.08 Å². The van der Waals surface area contributed by atoms with Gasteiger partial charge in [-0.05, 0) is 41.8 Å². The van der Waals surface area contributed by atoms with Gasteiger partial charge in [-0.1, -0.05) is 47.5 Å². The van der Waals surface area contributed by atoms with E-state index in [9.17, 15) is 13.2 Å². The number of carbonyl (C=O) groups is 1. The summed E-state index contributed by atoms with van der Waals surface area (Å²) in [4.78, 5) is 17.1. The SMILES string of the molecule is O=C1OC(c2cccs2)=NC1=Cc1cc(Cl)cc(Cl)c1OS(=O)(=O)c1ccccc1. The fraction of sp³-hybridized carbons (Fsp3) is 0. The Bertz CT molecular complexity index is 1280. The first-order valence-electron chi connectivity index (χ1n) is 8.38. The number of hydrogen-bond donors (Lipinski definition) is 0. The van der Waals surface area contributed by atoms with E-state index in [2.05, 4.69) is 4.99 Å². The number of thiophene rings is 1. The Balaban J connectivity index is 1.76. The third-order valence-electron chi connectivity index (χ3n) is 3.91. The van der Waals surface area contributed by atoms with Crippen molar-refractivity contribution < 1.29 is 22.1 Å². The van der Waals surface area contributed by atoms with Crippen LogP contribution in [0.2, 0.25) is 10.0 Å². The van der Waals surface area contributed by atoms with Gasteiger partial charge in [0.2, 0.25) is 5.90 Å². The predicted octanol–water partition coefficient (Wildman–Crippen LogP) is 5.17. The minimum absolute atomic E-state index is 0.0392. The van der Waals surface area contributed by atoms with Crippen LogP contribution in [0.15, 0.2) is 75.6 Å². The number of benzene rings is 2. The average molecular weight is 480 g/mol. The van der Waals surface area contributed by atoms with E-state index in [1.54, 1.807) is 30.3 Å². The van der Waals surface area contributed by atoms with Gasteiger partial charge in [0.15, 0.2) is 11.4 Å². The van der Waals surface area contributed by atoms with Gasteiger partial charge < -0.3 is 8.92 Å². The lowest BCUT2D eigenvalue weighted by molar-refractivity contribution is -0.129. The molecule has 3 aromatic rings. The summed E-state index contributed by atoms with van der Waals surface area (Å²) in [6.45, 7) is 0. The molecule has 0 amide bonds. The number of hydrogen-bond acceptors (Lipinski definition) is 7. The van der Waals surface area contributed by atoms with E-state index >= 15 is 0 Å². The lowest BCUT2D eigenvalue weighted by Gasteiger charge is -2.12. The molecular formula is C20H11Cl2NO5S2. The summed E-state index contributed by atoms with van der Waals surface area (Å²) in [7, 11) is -4.17. The minimum Gasteiger partial charge on any atom is -0.401 e. The Morgan fingerprint density at radius 2 is 1.83 bits per heavy atom. The number of esters is 1. The molecule has 1 aliphatic heterocycles. The molecule has 0 fully saturated rings. The van der Waals surface area contributed by atoms with Crippen LogP contribution in [-0.4, -0.2) is 20.3 Å². The Kier molecular flexibility index (Phi) is 5.66. The molecule has 0 unspecified atom stereocenters. The Labute approximate surface area is 186 Å². The standard InChI is InChI=1S/C20H11Cl2NO5S2/c21-13-9-12(10-16-20(24)27-19(23-16)17-7-4-8-29-17)18(15(22)11-13)28-30(25,26)14-5-2-1-3-6-14/h1-11H. The van der Waals surface area contributed by atoms with Crippen molar-refractivity contribution in [3.05, 3.63) is 86.2 Å². The van der Waals surface area contributed by atoms with E-state index < -0.39 is 16.1 Å². The molecule has 1 aliphatic rings. The Morgan fingerprint density at radius 1 is 1.07 bits per heavy atom. The molecule has 6 nitrogen and oxygen atoms in total. The van der Waals surface area contributed by atoms with E-state index in [1.165, 1.54) is 41.7 Å². The van der Waals surface area contributed by atoms with Crippen LogP contribution < -0.4 is 4.18 Å². The summed E-state index contributed by atoms with van der Waals surface area (Å²) in [6, 6.07) is 13.9. The molecule has 1 aromatic heterocycles. The van der Waals surface area contributed by atoms with E-state index in [0.717, 1.165) is 0 Å². The fourth-order valence-electron chi connectivity index (χ4n) is 2.58. The van der Waals surface area contributed by atoms with Crippen LogP contribution in [-0.2, 0) is 19.6 Å². The van der Waals surface area contributed by atoms with Gasteiger partial charge >= 0.3 is 16.1 Å². The predicted molar refractivity (Wildman–Crippen MR) is 116 cm³/mol. The maximum atomic E-state index is 12.6. The zero-order valence-electron chi connectivity index (χ0n) is 14.9. The van der Waals surface area contributed by atoms with Crippen LogP contribution in [0.3, 0.4) is 0 Å². The van der Waals surface area contributed by atoms with Gasteiger partial charge in [0, 0.05) is 10.6 Å². The van der Waals surface area contributed by atoms with Crippen LogP contribution >= 0.6 is 34.5 Å². The number of aliphatic imine (C=N–C) groups is 1. The number of rotatable bonds is 5. The van der Waals surface area contributed by atoms with E-state index in [-0.39, 0.29) is 37.8 Å². The molecule has 0 N–H and O–H groups in total. The highest BCUT2D eigenvalue weighted by atomic mass is 35.5. The van der Waals surface area contributed by atoms with Crippen molar-refractivity contribution in [3.63, 3.8) is 0 Å². The zero-order valence-corrected chi connectivity index (χ0v) is 18.1. The van der Waals surface area contributed by atoms with Gasteiger partial charge in [0.05, 0.1) is 9.90 Å². The van der Waals surface area contributed by atoms with E-state index in [1.807, 2.05) is 5.38 Å². The third kappa shape index (κ3) is 4.27. The number of cyclic esters (lactones) is 1. The summed E-state index contributed by atoms with van der Waals surface area (Å²) >= 11 is 13.6. The molecule has 0 saturated heterocycles. The first-order chi connectivity index (χ1) is 14.3. The number of halogens is 2. The van der Waals surface area contributed by atoms with Gasteiger partial charge in [-0.15, -0.1) is 11.3 Å². The second-order valence-corrected chi connectivity index (χ2v) is 9.31. The van der Waals surface area contributed by atoms with Crippen molar-refractivity contribution in [2.24, 2.45) is 4.99 Å². The molecule has 152 valence electrons. The zero-order chi connectivity index (χ0) is 21.3. The molecule has 30 heavy (non-hydrogen) atoms. The average Bonchev–Trinajstić information content (AvgIpc) is 3.36. The van der Waals surface area contributed by atoms with Crippen molar-refractivity contribution >= 4 is 62.6 Å². The highest BCUT2D eigenvalue weighted by molar-refractivity contribution is 7.87. The molecule has 10 heteroatoms. The molecule has 0 spiro atoms. The quantitative estimate of drug-likeness (QED) is 0.286. The molecular weight excluding hydrogens is 469 g/mol. The normalized spacial score (nSPS) is 15.2. The highest BCUT2D eigenvalue weighted by Gasteiger charge is 2.27. The van der Waals surface area contributed by atoms with Crippen molar-refractivity contribution in [2.75, 3.05) is 0 Å². The van der Waals surface area contributed by atoms with Crippen molar-refractivity contribution in [1.82, 2.24) is 0 Å². The van der Waals surface area contributed by atoms with Gasteiger partial charge in [0.1, 0.15) is 4.90 Å². The molecule has 0 radical (unpaired) electrons. The van der Waals surface area contributed by atoms with Crippen LogP contribution in [0.4, 0.5) is 0 Å². The van der Waals surface area contributed by atoms with Crippen LogP contribution in [0.5, 0.6) is 5.75 Å². The monoisotopic (exact) mass is 479 g/mol. The lowest BCUT2D eigenvalue weighted by Crippen LogP contribution is -2.11. The Hall–Kier alpha value is -2.65. The minimum atomic E-state index is -4.17. The topological polar surface area (TPSA) is 82.0 Å². The Morgan fingerprint density at radius 3 is 2.53 bits per heavy atom. The van der Waals surface area contributed by atoms with Crippen molar-refractivity contribution in [2.45, 2.75) is 4.90 Å². The summed E-state index contributed by atoms with van der Waals surface area (Å²) in [5.74, 6) is -0.704. The number of nitrogens with zero attached hydrogens (tertiary/aromatic N) is 1. The summed E-state index contributed by atoms with van der Waals surface area (Å²) in [5.41, 5.74) is 0.119. The molecule has 2 aromatic carbocycles. The number of carbonyl (C=O) groups excluding carboxylic acids is 1. The summed E-state index contributed by atoms with van der Waals surface area (Å²) in [5, 5.41) is 2.01. The smallest absolute Gasteiger partial charge is 0.363 e. The largest absolute Gasteiger partial charge is 0.401 e. The molecule has 4 rings (SSSR count). The van der Waals surface area contributed by atoms with E-state index in [0.29, 0.717) is 4.88 Å². The number of ether oxygens (including phenoxy) is 1. The fourth-order valence-corrected chi connectivity index (χ4v) is 4.82. The maximum absolute atomic E-state index is 12.6. The second kappa shape index (κ2) is 8.23. The summed E-state index contributed by atoms with van der Waals surface area (Å²) in [6.07, 6.45) is 1.32. The van der Waals surface area contributed by atoms with Crippen molar-refractivity contribution in [3.8, 4) is 5.75 Å². The first kappa shape index (κ1) is 20.6. The summed E-state index contributed by atoms with van der Waals surface area (Å²) < 4.78 is 35.8. The van der Waals surface area contributed by atoms with Gasteiger partial charge in [0.25, 0.3) is 0 Å². The second-order valence-electron chi connectivity index (χ2n) is 5.97. The molecule has 0 saturated carbocycles. The van der Waals surface area contributed by atoms with Crippen LogP contribution in [0.1, 0.15) is 10.4 Å². The lowest BCUT2D eigenvalue weighted by atomic mass is 10.1. The molecule has 0 bridgehead atoms. The highest BCUT2D eigenvalue weighted by Crippen LogP contribution is 2.36. The molecule has 0 atom stereocenters. The van der Waals surface area contributed by atoms with Gasteiger partial charge in [-0.25, -0.2) is 9.79 Å². The van der Waals surface area contributed by atoms with Gasteiger partial charge in [-0.3, -0.25) is 0 Å². The van der Waals surface area contributed by atoms with E-state index in [4.69, 9.17) is 32.1 Å². The van der Waals surface area contributed by atoms with Gasteiger partial charge in [-0.2, -0.15) is 8.42 Å². The maximum Gasteiger partial charge on any atom is 0.363 e. The molecule has 0 aliphatic carbocycles. The molecule has 2 heterocycles.